The summed E-state index contributed by atoms with van der Waals surface area (Å²) in [5, 5.41) is 13.8. The number of carbonyl (C=O) groups excluding carboxylic acids is 1. The van der Waals surface area contributed by atoms with Gasteiger partial charge in [0.2, 0.25) is 0 Å². The molecule has 0 bridgehead atoms. The Morgan fingerprint density at radius 3 is 2.90 bits per heavy atom. The summed E-state index contributed by atoms with van der Waals surface area (Å²) in [4.78, 5) is 19.8. The molecule has 3 atom stereocenters. The highest BCUT2D eigenvalue weighted by molar-refractivity contribution is 7.98. The Kier molecular flexibility index (Phi) is 4.82. The summed E-state index contributed by atoms with van der Waals surface area (Å²) in [5.41, 5.74) is 5.63. The molecule has 0 spiro atoms. The summed E-state index contributed by atoms with van der Waals surface area (Å²) in [6, 6.07) is 0.101. The number of aromatic nitrogens is 2. The van der Waals surface area contributed by atoms with E-state index >= 15 is 0 Å². The van der Waals surface area contributed by atoms with Gasteiger partial charge in [-0.05, 0) is 31.4 Å². The van der Waals surface area contributed by atoms with Crippen LogP contribution in [0, 0.1) is 5.92 Å². The van der Waals surface area contributed by atoms with Gasteiger partial charge in [-0.15, -0.1) is 0 Å². The molecule has 2 rings (SSSR count). The van der Waals surface area contributed by atoms with Crippen molar-refractivity contribution in [2.24, 2.45) is 11.7 Å². The molecule has 6 nitrogen and oxygen atoms in total. The molecule has 0 aromatic carbocycles. The van der Waals surface area contributed by atoms with E-state index in [2.05, 4.69) is 15.3 Å². The number of hydrogen-bond donors (Lipinski definition) is 3. The van der Waals surface area contributed by atoms with Crippen molar-refractivity contribution in [1.82, 2.24) is 9.97 Å². The molecule has 4 N–H and O–H groups in total. The molecule has 20 heavy (non-hydrogen) atoms. The lowest BCUT2D eigenvalue weighted by Crippen LogP contribution is -2.35. The van der Waals surface area contributed by atoms with Gasteiger partial charge in [0.15, 0.2) is 5.16 Å². The quantitative estimate of drug-likeness (QED) is 0.571. The molecular weight excluding hydrogens is 276 g/mol. The Bertz CT molecular complexity index is 497. The molecule has 0 saturated heterocycles. The Labute approximate surface area is 122 Å². The molecule has 1 fully saturated rings. The lowest BCUT2D eigenvalue weighted by atomic mass is 9.85. The van der Waals surface area contributed by atoms with Gasteiger partial charge in [0.05, 0.1) is 11.7 Å². The first-order valence-electron chi connectivity index (χ1n) is 6.66. The summed E-state index contributed by atoms with van der Waals surface area (Å²) in [6.45, 7) is 2.05. The van der Waals surface area contributed by atoms with Crippen LogP contribution in [0.25, 0.3) is 0 Å². The fourth-order valence-corrected chi connectivity index (χ4v) is 2.72. The number of hydrogen-bond acceptors (Lipinski definition) is 6. The highest BCUT2D eigenvalue weighted by Crippen LogP contribution is 2.27. The van der Waals surface area contributed by atoms with E-state index in [0.717, 1.165) is 12.8 Å². The van der Waals surface area contributed by atoms with E-state index in [-0.39, 0.29) is 17.7 Å². The van der Waals surface area contributed by atoms with Crippen LogP contribution < -0.4 is 11.1 Å². The first kappa shape index (κ1) is 15.1. The van der Waals surface area contributed by atoms with Crippen LogP contribution in [-0.4, -0.2) is 39.4 Å². The number of carbonyl (C=O) groups is 1. The number of primary amides is 1. The third-order valence-electron chi connectivity index (χ3n) is 3.71. The first-order chi connectivity index (χ1) is 9.51. The van der Waals surface area contributed by atoms with Gasteiger partial charge in [-0.1, -0.05) is 18.7 Å². The second-order valence-corrected chi connectivity index (χ2v) is 5.96. The third-order valence-corrected chi connectivity index (χ3v) is 4.27. The number of amides is 1. The number of nitrogens with zero attached hydrogens (tertiary/aromatic N) is 2. The summed E-state index contributed by atoms with van der Waals surface area (Å²) in [5.74, 6) is 0.226. The van der Waals surface area contributed by atoms with E-state index in [9.17, 15) is 9.90 Å². The monoisotopic (exact) mass is 296 g/mol. The minimum atomic E-state index is -0.551. The molecule has 0 radical (unpaired) electrons. The zero-order chi connectivity index (χ0) is 14.7. The number of aliphatic hydroxyl groups is 1. The number of rotatable bonds is 4. The lowest BCUT2D eigenvalue weighted by molar-refractivity contribution is 0.0739. The van der Waals surface area contributed by atoms with E-state index in [1.807, 2.05) is 13.2 Å². The third kappa shape index (κ3) is 3.40. The number of nitrogens with one attached hydrogen (secondary N) is 1. The van der Waals surface area contributed by atoms with Gasteiger partial charge in [-0.25, -0.2) is 9.97 Å². The fourth-order valence-electron chi connectivity index (χ4n) is 2.38. The second-order valence-electron chi connectivity index (χ2n) is 5.18. The Morgan fingerprint density at radius 1 is 1.55 bits per heavy atom. The minimum absolute atomic E-state index is 0.101. The number of thioether (sulfide) groups is 1. The van der Waals surface area contributed by atoms with Gasteiger partial charge in [0, 0.05) is 12.2 Å². The molecule has 1 aromatic rings. The van der Waals surface area contributed by atoms with Gasteiger partial charge in [-0.2, -0.15) is 0 Å². The van der Waals surface area contributed by atoms with Gasteiger partial charge >= 0.3 is 0 Å². The van der Waals surface area contributed by atoms with Crippen molar-refractivity contribution in [3.63, 3.8) is 0 Å². The van der Waals surface area contributed by atoms with E-state index in [1.54, 1.807) is 0 Å². The maximum atomic E-state index is 11.4. The van der Waals surface area contributed by atoms with Gasteiger partial charge in [0.1, 0.15) is 5.82 Å². The number of nitrogens with two attached hydrogens (primary N) is 1. The van der Waals surface area contributed by atoms with Crippen molar-refractivity contribution < 1.29 is 9.90 Å². The van der Waals surface area contributed by atoms with E-state index in [4.69, 9.17) is 5.73 Å². The van der Waals surface area contributed by atoms with E-state index in [0.29, 0.717) is 23.3 Å². The average molecular weight is 296 g/mol. The molecule has 1 aromatic heterocycles. The molecule has 1 saturated carbocycles. The number of aliphatic hydroxyl groups excluding tert-OH is 1. The van der Waals surface area contributed by atoms with Crippen molar-refractivity contribution in [3.8, 4) is 0 Å². The predicted molar refractivity (Wildman–Crippen MR) is 78.8 cm³/mol. The zero-order valence-electron chi connectivity index (χ0n) is 11.7. The molecule has 1 aliphatic carbocycles. The van der Waals surface area contributed by atoms with Crippen LogP contribution in [-0.2, 0) is 0 Å². The summed E-state index contributed by atoms with van der Waals surface area (Å²) >= 11 is 1.40. The molecule has 1 amide bonds. The van der Waals surface area contributed by atoms with Crippen LogP contribution in [0.5, 0.6) is 0 Å². The van der Waals surface area contributed by atoms with Crippen LogP contribution in [0.3, 0.4) is 0 Å². The lowest BCUT2D eigenvalue weighted by Gasteiger charge is -2.32. The molecule has 7 heteroatoms. The normalized spacial score (nSPS) is 26.2. The van der Waals surface area contributed by atoms with Crippen molar-refractivity contribution in [2.75, 3.05) is 11.6 Å². The molecule has 0 aliphatic heterocycles. The maximum absolute atomic E-state index is 11.4. The molecule has 110 valence electrons. The standard InChI is InChI=1S/C13H20N4O2S/c1-7-3-4-8(5-10(7)18)16-12-9(11(14)19)6-15-13(17-12)20-2/h6-8,10,18H,3-5H2,1-2H3,(H2,14,19)(H,15,16,17)/t7-,8-,10-/m1/s1. The summed E-state index contributed by atoms with van der Waals surface area (Å²) in [7, 11) is 0. The van der Waals surface area contributed by atoms with Crippen molar-refractivity contribution in [1.29, 1.82) is 0 Å². The highest BCUT2D eigenvalue weighted by atomic mass is 32.2. The Balaban J connectivity index is 2.17. The van der Waals surface area contributed by atoms with Crippen LogP contribution in [0.15, 0.2) is 11.4 Å². The van der Waals surface area contributed by atoms with Gasteiger partial charge in [0.25, 0.3) is 5.91 Å². The summed E-state index contributed by atoms with van der Waals surface area (Å²) < 4.78 is 0. The number of anilines is 1. The van der Waals surface area contributed by atoms with Crippen LogP contribution in [0.2, 0.25) is 0 Å². The second kappa shape index (κ2) is 6.41. The SMILES string of the molecule is CSc1ncc(C(N)=O)c(N[C@@H]2CC[C@@H](C)[C@H](O)C2)n1. The molecule has 0 unspecified atom stereocenters. The van der Waals surface area contributed by atoms with Crippen molar-refractivity contribution >= 4 is 23.5 Å². The van der Waals surface area contributed by atoms with E-state index in [1.165, 1.54) is 18.0 Å². The molecule has 1 aliphatic rings. The van der Waals surface area contributed by atoms with Crippen LogP contribution >= 0.6 is 11.8 Å². The Morgan fingerprint density at radius 2 is 2.30 bits per heavy atom. The minimum Gasteiger partial charge on any atom is -0.393 e. The smallest absolute Gasteiger partial charge is 0.254 e. The Hall–Kier alpha value is -1.34. The van der Waals surface area contributed by atoms with Crippen molar-refractivity contribution in [2.45, 2.75) is 43.5 Å². The average Bonchev–Trinajstić information content (AvgIpc) is 2.42. The fraction of sp³-hybridized carbons (Fsp3) is 0.615. The first-order valence-corrected chi connectivity index (χ1v) is 7.89. The maximum Gasteiger partial charge on any atom is 0.254 e. The van der Waals surface area contributed by atoms with E-state index < -0.39 is 5.91 Å². The zero-order valence-corrected chi connectivity index (χ0v) is 12.5. The highest BCUT2D eigenvalue weighted by Gasteiger charge is 2.27. The van der Waals surface area contributed by atoms with Gasteiger partial charge < -0.3 is 16.2 Å². The molecule has 1 heterocycles. The molecular formula is C13H20N4O2S. The van der Waals surface area contributed by atoms with Crippen molar-refractivity contribution in [3.05, 3.63) is 11.8 Å². The topological polar surface area (TPSA) is 101 Å². The van der Waals surface area contributed by atoms with Crippen LogP contribution in [0.4, 0.5) is 5.82 Å². The largest absolute Gasteiger partial charge is 0.393 e. The van der Waals surface area contributed by atoms with Gasteiger partial charge in [-0.3, -0.25) is 4.79 Å². The predicted octanol–water partition coefficient (Wildman–Crippen LogP) is 1.26. The van der Waals surface area contributed by atoms with Crippen LogP contribution in [0.1, 0.15) is 36.5 Å². The summed E-state index contributed by atoms with van der Waals surface area (Å²) in [6.07, 6.45) is 5.54.